The first-order valence-corrected chi connectivity index (χ1v) is 6.82. The molecule has 0 bridgehead atoms. The maximum atomic E-state index is 10.9. The zero-order valence-corrected chi connectivity index (χ0v) is 11.9. The molecule has 0 radical (unpaired) electrons. The first-order valence-electron chi connectivity index (χ1n) is 6.82. The van der Waals surface area contributed by atoms with E-state index in [1.54, 1.807) is 12.1 Å². The van der Waals surface area contributed by atoms with Crippen LogP contribution in [0.25, 0.3) is 0 Å². The van der Waals surface area contributed by atoms with Crippen LogP contribution in [-0.2, 0) is 0 Å². The average Bonchev–Trinajstić information content (AvgIpc) is 2.38. The van der Waals surface area contributed by atoms with Crippen LogP contribution in [0.1, 0.15) is 29.8 Å². The lowest BCUT2D eigenvalue weighted by Gasteiger charge is -2.38. The molecule has 2 rings (SSSR count). The molecule has 1 aromatic rings. The zero-order chi connectivity index (χ0) is 14.0. The third kappa shape index (κ3) is 3.07. The fourth-order valence-corrected chi connectivity index (χ4v) is 2.62. The molecule has 0 amide bonds. The third-order valence-corrected chi connectivity index (χ3v) is 3.83. The Bertz CT molecular complexity index is 463. The largest absolute Gasteiger partial charge is 0.478 e. The van der Waals surface area contributed by atoms with Crippen LogP contribution in [-0.4, -0.2) is 48.2 Å². The van der Waals surface area contributed by atoms with Gasteiger partial charge in [-0.1, -0.05) is 0 Å². The van der Waals surface area contributed by atoms with E-state index in [1.165, 1.54) is 0 Å². The van der Waals surface area contributed by atoms with Crippen molar-refractivity contribution < 1.29 is 9.90 Å². The molecule has 0 aliphatic carbocycles. The highest BCUT2D eigenvalue weighted by molar-refractivity contribution is 5.88. The van der Waals surface area contributed by atoms with Crippen molar-refractivity contribution in [2.75, 3.05) is 31.1 Å². The maximum absolute atomic E-state index is 10.9. The molecule has 1 N–H and O–H groups in total. The van der Waals surface area contributed by atoms with E-state index in [9.17, 15) is 4.79 Å². The second-order valence-corrected chi connectivity index (χ2v) is 5.42. The molecule has 1 aliphatic rings. The van der Waals surface area contributed by atoms with Crippen LogP contribution >= 0.6 is 0 Å². The third-order valence-electron chi connectivity index (χ3n) is 3.83. The SMILES string of the molecule is Cc1cc(C(=O)O)ccc1N1CCN(C(C)C)CC1. The van der Waals surface area contributed by atoms with Gasteiger partial charge in [-0.15, -0.1) is 0 Å². The van der Waals surface area contributed by atoms with Crippen molar-refractivity contribution in [2.24, 2.45) is 0 Å². The summed E-state index contributed by atoms with van der Waals surface area (Å²) < 4.78 is 0. The highest BCUT2D eigenvalue weighted by atomic mass is 16.4. The van der Waals surface area contributed by atoms with Gasteiger partial charge in [-0.2, -0.15) is 0 Å². The fraction of sp³-hybridized carbons (Fsp3) is 0.533. The van der Waals surface area contributed by atoms with Crippen molar-refractivity contribution in [1.82, 2.24) is 4.90 Å². The molecular weight excluding hydrogens is 240 g/mol. The number of carbonyl (C=O) groups is 1. The topological polar surface area (TPSA) is 43.8 Å². The van der Waals surface area contributed by atoms with Crippen LogP contribution < -0.4 is 4.90 Å². The standard InChI is InChI=1S/C15H22N2O2/c1-11(2)16-6-8-17(9-7-16)14-5-4-13(15(18)19)10-12(14)3/h4-5,10-11H,6-9H2,1-3H3,(H,18,19). The van der Waals surface area contributed by atoms with Gasteiger partial charge >= 0.3 is 5.97 Å². The number of piperazine rings is 1. The van der Waals surface area contributed by atoms with Crippen LogP contribution in [0.4, 0.5) is 5.69 Å². The Morgan fingerprint density at radius 1 is 1.21 bits per heavy atom. The summed E-state index contributed by atoms with van der Waals surface area (Å²) >= 11 is 0. The van der Waals surface area contributed by atoms with Gasteiger partial charge in [0.2, 0.25) is 0 Å². The minimum Gasteiger partial charge on any atom is -0.478 e. The molecular formula is C15H22N2O2. The Morgan fingerprint density at radius 3 is 2.32 bits per heavy atom. The highest BCUT2D eigenvalue weighted by Crippen LogP contribution is 2.23. The van der Waals surface area contributed by atoms with E-state index in [1.807, 2.05) is 13.0 Å². The number of hydrogen-bond acceptors (Lipinski definition) is 3. The Kier molecular flexibility index (Phi) is 4.10. The number of carboxylic acids is 1. The maximum Gasteiger partial charge on any atom is 0.335 e. The number of nitrogens with zero attached hydrogens (tertiary/aromatic N) is 2. The Balaban J connectivity index is 2.09. The van der Waals surface area contributed by atoms with Gasteiger partial charge in [-0.05, 0) is 44.5 Å². The molecule has 4 nitrogen and oxygen atoms in total. The minimum atomic E-state index is -0.862. The normalized spacial score (nSPS) is 16.9. The molecule has 1 aromatic carbocycles. The summed E-state index contributed by atoms with van der Waals surface area (Å²) in [5.74, 6) is -0.862. The van der Waals surface area contributed by atoms with Gasteiger partial charge in [0.05, 0.1) is 5.56 Å². The monoisotopic (exact) mass is 262 g/mol. The summed E-state index contributed by atoms with van der Waals surface area (Å²) in [5, 5.41) is 8.99. The molecule has 1 saturated heterocycles. The summed E-state index contributed by atoms with van der Waals surface area (Å²) in [5.41, 5.74) is 2.56. The molecule has 0 aromatic heterocycles. The van der Waals surface area contributed by atoms with Crippen LogP contribution in [0.3, 0.4) is 0 Å². The second kappa shape index (κ2) is 5.61. The molecule has 0 spiro atoms. The van der Waals surface area contributed by atoms with Crippen LogP contribution in [0.5, 0.6) is 0 Å². The van der Waals surface area contributed by atoms with Crippen LogP contribution in [0.15, 0.2) is 18.2 Å². The van der Waals surface area contributed by atoms with Crippen molar-refractivity contribution in [3.63, 3.8) is 0 Å². The number of rotatable bonds is 3. The molecule has 19 heavy (non-hydrogen) atoms. The number of aryl methyl sites for hydroxylation is 1. The fourth-order valence-electron chi connectivity index (χ4n) is 2.62. The predicted molar refractivity (Wildman–Crippen MR) is 77.1 cm³/mol. The van der Waals surface area contributed by atoms with Gasteiger partial charge in [0.25, 0.3) is 0 Å². The number of carboxylic acid groups (broad SMARTS) is 1. The zero-order valence-electron chi connectivity index (χ0n) is 11.9. The summed E-state index contributed by atoms with van der Waals surface area (Å²) in [4.78, 5) is 15.8. The second-order valence-electron chi connectivity index (χ2n) is 5.42. The first kappa shape index (κ1) is 13.9. The van der Waals surface area contributed by atoms with Gasteiger partial charge in [0, 0.05) is 37.9 Å². The molecule has 0 saturated carbocycles. The van der Waals surface area contributed by atoms with Gasteiger partial charge < -0.3 is 10.0 Å². The molecule has 0 unspecified atom stereocenters. The van der Waals surface area contributed by atoms with Gasteiger partial charge in [0.15, 0.2) is 0 Å². The van der Waals surface area contributed by atoms with Crippen LogP contribution in [0, 0.1) is 6.92 Å². The number of hydrogen-bond donors (Lipinski definition) is 1. The minimum absolute atomic E-state index is 0.363. The molecule has 1 aliphatic heterocycles. The van der Waals surface area contributed by atoms with E-state index in [-0.39, 0.29) is 0 Å². The van der Waals surface area contributed by atoms with Gasteiger partial charge in [-0.3, -0.25) is 4.90 Å². The number of anilines is 1. The molecule has 1 fully saturated rings. The summed E-state index contributed by atoms with van der Waals surface area (Å²) in [6, 6.07) is 5.98. The number of aromatic carboxylic acids is 1. The lowest BCUT2D eigenvalue weighted by Crippen LogP contribution is -2.49. The molecule has 104 valence electrons. The smallest absolute Gasteiger partial charge is 0.335 e. The summed E-state index contributed by atoms with van der Waals surface area (Å²) in [6.07, 6.45) is 0. The lowest BCUT2D eigenvalue weighted by molar-refractivity contribution is 0.0697. The van der Waals surface area contributed by atoms with E-state index >= 15 is 0 Å². The quantitative estimate of drug-likeness (QED) is 0.907. The summed E-state index contributed by atoms with van der Waals surface area (Å²) in [6.45, 7) is 10.6. The van der Waals surface area contributed by atoms with Gasteiger partial charge in [0.1, 0.15) is 0 Å². The predicted octanol–water partition coefficient (Wildman–Crippen LogP) is 2.22. The van der Waals surface area contributed by atoms with Crippen molar-refractivity contribution >= 4 is 11.7 Å². The van der Waals surface area contributed by atoms with Crippen molar-refractivity contribution in [3.8, 4) is 0 Å². The van der Waals surface area contributed by atoms with E-state index in [2.05, 4.69) is 23.6 Å². The first-order chi connectivity index (χ1) is 8.99. The Labute approximate surface area is 114 Å². The van der Waals surface area contributed by atoms with Crippen LogP contribution in [0.2, 0.25) is 0 Å². The van der Waals surface area contributed by atoms with E-state index in [0.29, 0.717) is 11.6 Å². The van der Waals surface area contributed by atoms with E-state index in [0.717, 1.165) is 37.4 Å². The Hall–Kier alpha value is -1.55. The van der Waals surface area contributed by atoms with E-state index in [4.69, 9.17) is 5.11 Å². The Morgan fingerprint density at radius 2 is 1.84 bits per heavy atom. The molecule has 0 atom stereocenters. The van der Waals surface area contributed by atoms with Crippen molar-refractivity contribution in [2.45, 2.75) is 26.8 Å². The molecule has 1 heterocycles. The lowest BCUT2D eigenvalue weighted by atomic mass is 10.1. The average molecular weight is 262 g/mol. The van der Waals surface area contributed by atoms with Crippen molar-refractivity contribution in [3.05, 3.63) is 29.3 Å². The molecule has 4 heteroatoms. The summed E-state index contributed by atoms with van der Waals surface area (Å²) in [7, 11) is 0. The highest BCUT2D eigenvalue weighted by Gasteiger charge is 2.20. The van der Waals surface area contributed by atoms with E-state index < -0.39 is 5.97 Å². The number of benzene rings is 1. The van der Waals surface area contributed by atoms with Gasteiger partial charge in [-0.25, -0.2) is 4.79 Å². The van der Waals surface area contributed by atoms with Crippen molar-refractivity contribution in [1.29, 1.82) is 0 Å².